The van der Waals surface area contributed by atoms with E-state index in [-0.39, 0.29) is 23.8 Å². The van der Waals surface area contributed by atoms with E-state index in [1.165, 1.54) is 5.56 Å². The molecule has 0 fully saturated rings. The van der Waals surface area contributed by atoms with E-state index < -0.39 is 0 Å². The van der Waals surface area contributed by atoms with Crippen LogP contribution in [0.2, 0.25) is 0 Å². The highest BCUT2D eigenvalue weighted by atomic mass is 16.5. The van der Waals surface area contributed by atoms with Crippen molar-refractivity contribution in [2.24, 2.45) is 0 Å². The summed E-state index contributed by atoms with van der Waals surface area (Å²) in [6.07, 6.45) is 0. The fourth-order valence-corrected chi connectivity index (χ4v) is 3.15. The molecule has 0 unspecified atom stereocenters. The van der Waals surface area contributed by atoms with Gasteiger partial charge in [-0.2, -0.15) is 0 Å². The van der Waals surface area contributed by atoms with E-state index in [0.29, 0.717) is 29.2 Å². The number of nitrogens with one attached hydrogen (secondary N) is 1. The highest BCUT2D eigenvalue weighted by Crippen LogP contribution is 2.34. The summed E-state index contributed by atoms with van der Waals surface area (Å²) in [5.41, 5.74) is 3.11. The Morgan fingerprint density at radius 2 is 1.83 bits per heavy atom. The second kappa shape index (κ2) is 8.25. The number of ether oxygens (including phenoxy) is 1. The molecule has 2 amide bonds. The summed E-state index contributed by atoms with van der Waals surface area (Å²) in [4.78, 5) is 28.7. The lowest BCUT2D eigenvalue weighted by molar-refractivity contribution is -0.121. The van der Waals surface area contributed by atoms with Gasteiger partial charge in [0, 0.05) is 24.3 Å². The molecule has 6 heteroatoms. The molecule has 0 radical (unpaired) electrons. The molecule has 3 rings (SSSR count). The molecule has 1 aliphatic rings. The molecule has 0 spiro atoms. The van der Waals surface area contributed by atoms with Crippen LogP contribution in [0, 0.1) is 0 Å². The van der Waals surface area contributed by atoms with Gasteiger partial charge in [-0.05, 0) is 55.4 Å². The third kappa shape index (κ3) is 4.95. The minimum absolute atomic E-state index is 0.0340. The van der Waals surface area contributed by atoms with Gasteiger partial charge < -0.3 is 19.9 Å². The number of amides is 2. The molecular weight excluding hydrogens is 366 g/mol. The number of hydrogen-bond acceptors (Lipinski definition) is 4. The maximum absolute atomic E-state index is 12.7. The van der Waals surface area contributed by atoms with Crippen LogP contribution in [0.25, 0.3) is 0 Å². The summed E-state index contributed by atoms with van der Waals surface area (Å²) < 4.78 is 5.54. The van der Waals surface area contributed by atoms with E-state index in [0.717, 1.165) is 6.54 Å². The normalized spacial score (nSPS) is 13.9. The Hall–Kier alpha value is -2.86. The van der Waals surface area contributed by atoms with E-state index in [2.05, 4.69) is 26.1 Å². The Labute approximate surface area is 172 Å². The van der Waals surface area contributed by atoms with Crippen molar-refractivity contribution >= 4 is 23.2 Å². The monoisotopic (exact) mass is 395 g/mol. The Morgan fingerprint density at radius 3 is 2.45 bits per heavy atom. The smallest absolute Gasteiger partial charge is 0.265 e. The molecule has 0 saturated carbocycles. The number of rotatable bonds is 5. The quantitative estimate of drug-likeness (QED) is 0.841. The third-order valence-corrected chi connectivity index (χ3v) is 4.94. The highest BCUT2D eigenvalue weighted by molar-refractivity contribution is 6.05. The Morgan fingerprint density at radius 1 is 1.14 bits per heavy atom. The fourth-order valence-electron chi connectivity index (χ4n) is 3.15. The lowest BCUT2D eigenvalue weighted by Crippen LogP contribution is -2.42. The lowest BCUT2D eigenvalue weighted by atomic mass is 9.87. The summed E-state index contributed by atoms with van der Waals surface area (Å²) in [7, 11) is 3.93. The van der Waals surface area contributed by atoms with Crippen molar-refractivity contribution in [3.63, 3.8) is 0 Å². The van der Waals surface area contributed by atoms with Gasteiger partial charge in [-0.3, -0.25) is 9.59 Å². The van der Waals surface area contributed by atoms with Gasteiger partial charge in [-0.15, -0.1) is 0 Å². The number of anilines is 2. The zero-order valence-electron chi connectivity index (χ0n) is 17.8. The van der Waals surface area contributed by atoms with Crippen molar-refractivity contribution in [1.82, 2.24) is 4.90 Å². The third-order valence-electron chi connectivity index (χ3n) is 4.94. The van der Waals surface area contributed by atoms with Crippen LogP contribution in [0.15, 0.2) is 42.5 Å². The summed E-state index contributed by atoms with van der Waals surface area (Å²) in [6, 6.07) is 13.0. The zero-order valence-corrected chi connectivity index (χ0v) is 17.8. The molecule has 0 atom stereocenters. The molecule has 6 nitrogen and oxygen atoms in total. The number of likely N-dealkylation sites (N-methyl/N-ethyl adjacent to an activating group) is 1. The number of carbonyl (C=O) groups excluding carboxylic acids is 2. The highest BCUT2D eigenvalue weighted by Gasteiger charge is 2.26. The van der Waals surface area contributed by atoms with E-state index in [1.807, 2.05) is 43.3 Å². The molecule has 1 heterocycles. The summed E-state index contributed by atoms with van der Waals surface area (Å²) >= 11 is 0. The standard InChI is InChI=1S/C23H29N3O3/c1-23(2,3)17-8-6-16(7-9-17)22(28)24-18-10-11-20-19(14-18)26(13-12-25(4)5)21(27)15-29-20/h6-11,14H,12-13,15H2,1-5H3,(H,24,28). The van der Waals surface area contributed by atoms with E-state index in [4.69, 9.17) is 4.74 Å². The van der Waals surface area contributed by atoms with Crippen LogP contribution in [0.4, 0.5) is 11.4 Å². The van der Waals surface area contributed by atoms with Gasteiger partial charge in [0.05, 0.1) is 5.69 Å². The van der Waals surface area contributed by atoms with E-state index in [9.17, 15) is 9.59 Å². The molecular formula is C23H29N3O3. The fraction of sp³-hybridized carbons (Fsp3) is 0.391. The number of nitrogens with zero attached hydrogens (tertiary/aromatic N) is 2. The van der Waals surface area contributed by atoms with Crippen LogP contribution >= 0.6 is 0 Å². The molecule has 0 aromatic heterocycles. The summed E-state index contributed by atoms with van der Waals surface area (Å²) in [5.74, 6) is 0.379. The predicted octanol–water partition coefficient (Wildman–Crippen LogP) is 3.52. The molecule has 1 N–H and O–H groups in total. The molecule has 29 heavy (non-hydrogen) atoms. The van der Waals surface area contributed by atoms with E-state index >= 15 is 0 Å². The zero-order chi connectivity index (χ0) is 21.2. The van der Waals surface area contributed by atoms with Gasteiger partial charge in [0.25, 0.3) is 11.8 Å². The molecule has 0 saturated heterocycles. The van der Waals surface area contributed by atoms with Crippen molar-refractivity contribution in [2.45, 2.75) is 26.2 Å². The molecule has 2 aromatic carbocycles. The largest absolute Gasteiger partial charge is 0.482 e. The first-order valence-corrected chi connectivity index (χ1v) is 9.79. The van der Waals surface area contributed by atoms with Crippen molar-refractivity contribution < 1.29 is 14.3 Å². The number of carbonyl (C=O) groups is 2. The van der Waals surface area contributed by atoms with Crippen molar-refractivity contribution in [2.75, 3.05) is 44.0 Å². The van der Waals surface area contributed by atoms with Crippen LogP contribution in [-0.4, -0.2) is 50.5 Å². The van der Waals surface area contributed by atoms with Crippen molar-refractivity contribution in [1.29, 1.82) is 0 Å². The number of benzene rings is 2. The molecule has 1 aliphatic heterocycles. The van der Waals surface area contributed by atoms with Crippen LogP contribution < -0.4 is 15.0 Å². The van der Waals surface area contributed by atoms with Crippen molar-refractivity contribution in [3.8, 4) is 5.75 Å². The SMILES string of the molecule is CN(C)CCN1C(=O)COc2ccc(NC(=O)c3ccc(C(C)(C)C)cc3)cc21. The summed E-state index contributed by atoms with van der Waals surface area (Å²) in [5, 5.41) is 2.92. The van der Waals surface area contributed by atoms with Gasteiger partial charge in [0.1, 0.15) is 5.75 Å². The van der Waals surface area contributed by atoms with E-state index in [1.54, 1.807) is 23.1 Å². The second-order valence-corrected chi connectivity index (χ2v) is 8.60. The lowest BCUT2D eigenvalue weighted by Gasteiger charge is -2.30. The first kappa shape index (κ1) is 20.9. The van der Waals surface area contributed by atoms with Gasteiger partial charge >= 0.3 is 0 Å². The molecule has 0 aliphatic carbocycles. The first-order chi connectivity index (χ1) is 13.6. The van der Waals surface area contributed by atoms with Crippen LogP contribution in [0.3, 0.4) is 0 Å². The maximum Gasteiger partial charge on any atom is 0.265 e. The predicted molar refractivity (Wildman–Crippen MR) is 116 cm³/mol. The van der Waals surface area contributed by atoms with Crippen LogP contribution in [0.1, 0.15) is 36.7 Å². The van der Waals surface area contributed by atoms with Gasteiger partial charge in [-0.25, -0.2) is 0 Å². The Bertz CT molecular complexity index is 899. The molecule has 0 bridgehead atoms. The van der Waals surface area contributed by atoms with Gasteiger partial charge in [0.2, 0.25) is 0 Å². The number of fused-ring (bicyclic) bond motifs is 1. The minimum atomic E-state index is -0.187. The maximum atomic E-state index is 12.7. The molecule has 2 aromatic rings. The number of hydrogen-bond donors (Lipinski definition) is 1. The van der Waals surface area contributed by atoms with Gasteiger partial charge in [0.15, 0.2) is 6.61 Å². The minimum Gasteiger partial charge on any atom is -0.482 e. The molecule has 154 valence electrons. The van der Waals surface area contributed by atoms with Crippen LogP contribution in [-0.2, 0) is 10.2 Å². The Balaban J connectivity index is 1.78. The van der Waals surface area contributed by atoms with Gasteiger partial charge in [-0.1, -0.05) is 32.9 Å². The second-order valence-electron chi connectivity index (χ2n) is 8.60. The van der Waals surface area contributed by atoms with Crippen molar-refractivity contribution in [3.05, 3.63) is 53.6 Å². The topological polar surface area (TPSA) is 61.9 Å². The Kier molecular flexibility index (Phi) is 5.94. The van der Waals surface area contributed by atoms with Crippen LogP contribution in [0.5, 0.6) is 5.75 Å². The average Bonchev–Trinajstić information content (AvgIpc) is 2.66. The first-order valence-electron chi connectivity index (χ1n) is 9.79. The average molecular weight is 396 g/mol. The summed E-state index contributed by atoms with van der Waals surface area (Å²) in [6.45, 7) is 7.75.